The Morgan fingerprint density at radius 3 is 2.11 bits per heavy atom. The van der Waals surface area contributed by atoms with E-state index in [1.165, 1.54) is 88.9 Å². The molecule has 3 unspecified atom stereocenters. The van der Waals surface area contributed by atoms with Gasteiger partial charge in [0.25, 0.3) is 0 Å². The van der Waals surface area contributed by atoms with Gasteiger partial charge in [-0.3, -0.25) is 9.59 Å². The second-order valence-corrected chi connectivity index (χ2v) is 13.0. The van der Waals surface area contributed by atoms with Crippen molar-refractivity contribution in [1.29, 1.82) is 0 Å². The van der Waals surface area contributed by atoms with Crippen molar-refractivity contribution in [1.82, 2.24) is 0 Å². The van der Waals surface area contributed by atoms with Gasteiger partial charge in [0.2, 0.25) is 6.29 Å². The van der Waals surface area contributed by atoms with Crippen LogP contribution >= 0.6 is 0 Å². The van der Waals surface area contributed by atoms with Gasteiger partial charge in [0.05, 0.1) is 30.7 Å². The van der Waals surface area contributed by atoms with Crippen LogP contribution in [0, 0.1) is 22.7 Å². The zero-order valence-electron chi connectivity index (χ0n) is 24.3. The molecule has 3 saturated carbocycles. The van der Waals surface area contributed by atoms with Gasteiger partial charge in [-0.15, -0.1) is 0 Å². The third-order valence-electron chi connectivity index (χ3n) is 10.7. The number of epoxide rings is 1. The third-order valence-corrected chi connectivity index (χ3v) is 10.7. The molecular weight excluding hydrogens is 480 g/mol. The summed E-state index contributed by atoms with van der Waals surface area (Å²) in [5.41, 5.74) is 0.991. The van der Waals surface area contributed by atoms with E-state index in [-0.39, 0.29) is 29.9 Å². The maximum absolute atomic E-state index is 13.2. The molecule has 0 aromatic heterocycles. The molecule has 214 valence electrons. The van der Waals surface area contributed by atoms with Crippen LogP contribution in [0.5, 0.6) is 0 Å². The first-order chi connectivity index (χ1) is 18.4. The Morgan fingerprint density at radius 2 is 1.53 bits per heavy atom. The van der Waals surface area contributed by atoms with Crippen molar-refractivity contribution in [2.75, 3.05) is 13.7 Å². The van der Waals surface area contributed by atoms with Crippen molar-refractivity contribution < 1.29 is 28.5 Å². The van der Waals surface area contributed by atoms with E-state index in [9.17, 15) is 9.59 Å². The predicted molar refractivity (Wildman–Crippen MR) is 145 cm³/mol. The molecule has 3 aliphatic carbocycles. The fourth-order valence-electron chi connectivity index (χ4n) is 8.56. The van der Waals surface area contributed by atoms with Crippen molar-refractivity contribution in [3.05, 3.63) is 11.1 Å². The Bertz CT molecular complexity index is 923. The molecule has 2 aliphatic heterocycles. The SMILES string of the molecule is CCCCCCCCCCCCCCCC(=O)OC1OC[C@@]23OC2[C@H]2C(=C(C)C)C[C@H]2[C@]2(C(=O)OC)CC132. The van der Waals surface area contributed by atoms with Gasteiger partial charge in [-0.2, -0.15) is 0 Å². The lowest BCUT2D eigenvalue weighted by atomic mass is 9.51. The quantitative estimate of drug-likeness (QED) is 0.0922. The van der Waals surface area contributed by atoms with E-state index in [0.717, 1.165) is 19.3 Å². The summed E-state index contributed by atoms with van der Waals surface area (Å²) < 4.78 is 23.8. The summed E-state index contributed by atoms with van der Waals surface area (Å²) in [4.78, 5) is 26.1. The van der Waals surface area contributed by atoms with Crippen LogP contribution in [0.25, 0.3) is 0 Å². The topological polar surface area (TPSA) is 74.4 Å². The maximum atomic E-state index is 13.2. The Hall–Kier alpha value is -1.40. The first kappa shape index (κ1) is 28.1. The Labute approximate surface area is 229 Å². The fourth-order valence-corrected chi connectivity index (χ4v) is 8.56. The lowest BCUT2D eigenvalue weighted by Crippen LogP contribution is -2.56. The first-order valence-electron chi connectivity index (χ1n) is 15.6. The maximum Gasteiger partial charge on any atom is 0.313 e. The van der Waals surface area contributed by atoms with Crippen molar-refractivity contribution >= 4 is 11.9 Å². The molecule has 0 aromatic carbocycles. The summed E-state index contributed by atoms with van der Waals surface area (Å²) in [5.74, 6) is 0.0489. The molecule has 0 radical (unpaired) electrons. The zero-order valence-corrected chi connectivity index (χ0v) is 24.3. The number of hydrogen-bond acceptors (Lipinski definition) is 6. The second-order valence-electron chi connectivity index (χ2n) is 13.0. The van der Waals surface area contributed by atoms with Crippen LogP contribution in [-0.4, -0.2) is 43.7 Å². The molecule has 5 aliphatic rings. The minimum atomic E-state index is -0.710. The van der Waals surface area contributed by atoms with Gasteiger partial charge in [-0.1, -0.05) is 95.1 Å². The summed E-state index contributed by atoms with van der Waals surface area (Å²) in [7, 11) is 1.47. The lowest BCUT2D eigenvalue weighted by molar-refractivity contribution is -0.188. The van der Waals surface area contributed by atoms with E-state index >= 15 is 0 Å². The summed E-state index contributed by atoms with van der Waals surface area (Å²) in [6.07, 6.45) is 17.9. The van der Waals surface area contributed by atoms with E-state index in [1.54, 1.807) is 0 Å². The van der Waals surface area contributed by atoms with E-state index in [4.69, 9.17) is 18.9 Å². The molecule has 2 heterocycles. The highest BCUT2D eigenvalue weighted by molar-refractivity contribution is 5.85. The third kappa shape index (κ3) is 4.36. The van der Waals surface area contributed by atoms with Crippen LogP contribution in [0.4, 0.5) is 0 Å². The van der Waals surface area contributed by atoms with Crippen LogP contribution in [-0.2, 0) is 28.5 Å². The number of esters is 2. The summed E-state index contributed by atoms with van der Waals surface area (Å²) in [6, 6.07) is 0. The van der Waals surface area contributed by atoms with Crippen LogP contribution in [0.2, 0.25) is 0 Å². The van der Waals surface area contributed by atoms with Crippen molar-refractivity contribution in [2.45, 2.75) is 141 Å². The van der Waals surface area contributed by atoms with Crippen molar-refractivity contribution in [3.8, 4) is 0 Å². The molecule has 7 atom stereocenters. The van der Waals surface area contributed by atoms with Gasteiger partial charge in [-0.05, 0) is 39.0 Å². The predicted octanol–water partition coefficient (Wildman–Crippen LogP) is 7.04. The minimum Gasteiger partial charge on any atom is -0.469 e. The van der Waals surface area contributed by atoms with Crippen molar-refractivity contribution in [2.24, 2.45) is 22.7 Å². The largest absolute Gasteiger partial charge is 0.469 e. The molecule has 38 heavy (non-hydrogen) atoms. The van der Waals surface area contributed by atoms with Gasteiger partial charge in [0, 0.05) is 12.3 Å². The molecule has 0 amide bonds. The Morgan fingerprint density at radius 1 is 0.921 bits per heavy atom. The van der Waals surface area contributed by atoms with Crippen LogP contribution in [0.3, 0.4) is 0 Å². The summed E-state index contributed by atoms with van der Waals surface area (Å²) in [6.45, 7) is 6.95. The minimum absolute atomic E-state index is 0.0659. The molecule has 6 nitrogen and oxygen atoms in total. The van der Waals surface area contributed by atoms with Crippen LogP contribution < -0.4 is 0 Å². The number of carbonyl (C=O) groups excluding carboxylic acids is 2. The lowest BCUT2D eigenvalue weighted by Gasteiger charge is -2.49. The summed E-state index contributed by atoms with van der Waals surface area (Å²) >= 11 is 0. The number of allylic oxidation sites excluding steroid dienone is 1. The molecule has 2 spiro atoms. The highest BCUT2D eigenvalue weighted by Gasteiger charge is 3.00. The molecule has 0 N–H and O–H groups in total. The summed E-state index contributed by atoms with van der Waals surface area (Å²) in [5, 5.41) is 0. The van der Waals surface area contributed by atoms with Gasteiger partial charge < -0.3 is 18.9 Å². The van der Waals surface area contributed by atoms with Gasteiger partial charge in [-0.25, -0.2) is 0 Å². The number of rotatable bonds is 16. The number of carbonyl (C=O) groups is 2. The van der Waals surface area contributed by atoms with E-state index in [1.807, 2.05) is 0 Å². The van der Waals surface area contributed by atoms with Crippen LogP contribution in [0.15, 0.2) is 11.1 Å². The number of ether oxygens (including phenoxy) is 4. The molecule has 5 rings (SSSR count). The highest BCUT2D eigenvalue weighted by atomic mass is 16.7. The monoisotopic (exact) mass is 530 g/mol. The number of methoxy groups -OCH3 is 1. The van der Waals surface area contributed by atoms with Gasteiger partial charge >= 0.3 is 11.9 Å². The average molecular weight is 531 g/mol. The van der Waals surface area contributed by atoms with Crippen LogP contribution in [0.1, 0.15) is 124 Å². The van der Waals surface area contributed by atoms with E-state index < -0.39 is 22.7 Å². The van der Waals surface area contributed by atoms with E-state index in [0.29, 0.717) is 19.4 Å². The Kier molecular flexibility index (Phi) is 8.32. The highest BCUT2D eigenvalue weighted by Crippen LogP contribution is 2.90. The molecule has 0 bridgehead atoms. The number of unbranched alkanes of at least 4 members (excludes halogenated alkanes) is 12. The Balaban J connectivity index is 1.04. The number of fused-ring (bicyclic) bond motifs is 3. The molecule has 0 aromatic rings. The second kappa shape index (κ2) is 11.2. The first-order valence-corrected chi connectivity index (χ1v) is 15.6. The van der Waals surface area contributed by atoms with Gasteiger partial charge in [0.1, 0.15) is 5.60 Å². The van der Waals surface area contributed by atoms with Gasteiger partial charge in [0.15, 0.2) is 0 Å². The smallest absolute Gasteiger partial charge is 0.313 e. The molecule has 5 fully saturated rings. The normalized spacial score (nSPS) is 37.3. The van der Waals surface area contributed by atoms with E-state index in [2.05, 4.69) is 20.8 Å². The van der Waals surface area contributed by atoms with Crippen molar-refractivity contribution in [3.63, 3.8) is 0 Å². The molecular formula is C32H50O6. The molecule has 6 heteroatoms. The number of hydrogen-bond donors (Lipinski definition) is 0. The zero-order chi connectivity index (χ0) is 27.0. The standard InChI is InChI=1S/C32H50O6/c1-5-6-7-8-9-10-11-12-13-14-15-16-17-18-25(33)37-29-31-20-30(31,28(34)35-4)24-19-23(22(2)3)26(24)27-32(31,38-27)21-36-29/h24,26-27,29H,5-21H2,1-4H3/t24-,26+,27?,29?,30+,31?,32-/m1/s1. The average Bonchev–Trinajstić information content (AvgIpc) is 3.74. The fraction of sp³-hybridized carbons (Fsp3) is 0.875. The molecule has 2 saturated heterocycles.